The van der Waals surface area contributed by atoms with E-state index in [9.17, 15) is 13.2 Å². The smallest absolute Gasteiger partial charge is 0.294 e. The van der Waals surface area contributed by atoms with Gasteiger partial charge in [-0.05, 0) is 41.7 Å². The van der Waals surface area contributed by atoms with Crippen LogP contribution in [0.1, 0.15) is 33.3 Å². The van der Waals surface area contributed by atoms with E-state index in [0.29, 0.717) is 21.8 Å². The summed E-state index contributed by atoms with van der Waals surface area (Å²) in [5.74, 6) is 0.336. The van der Waals surface area contributed by atoms with E-state index in [2.05, 4.69) is 4.72 Å². The van der Waals surface area contributed by atoms with Crippen molar-refractivity contribution in [3.63, 3.8) is 0 Å². The zero-order chi connectivity index (χ0) is 21.3. The van der Waals surface area contributed by atoms with Crippen molar-refractivity contribution in [2.45, 2.75) is 45.2 Å². The molecule has 5 nitrogen and oxygen atoms in total. The molecule has 0 spiro atoms. The summed E-state index contributed by atoms with van der Waals surface area (Å²) >= 11 is 7.27. The lowest BCUT2D eigenvalue weighted by atomic mass is 9.94. The molecule has 2 aromatic carbocycles. The largest absolute Gasteiger partial charge is 0.308 e. The van der Waals surface area contributed by atoms with Crippen LogP contribution in [0.2, 0.25) is 5.02 Å². The minimum absolute atomic E-state index is 0.148. The Labute approximate surface area is 180 Å². The maximum atomic E-state index is 12.9. The van der Waals surface area contributed by atoms with Gasteiger partial charge in [0.05, 0.1) is 21.7 Å². The van der Waals surface area contributed by atoms with Crippen molar-refractivity contribution in [1.29, 1.82) is 0 Å². The molecule has 0 fully saturated rings. The van der Waals surface area contributed by atoms with Crippen LogP contribution in [-0.2, 0) is 16.6 Å². The first kappa shape index (κ1) is 22.0. The first-order chi connectivity index (χ1) is 13.6. The van der Waals surface area contributed by atoms with E-state index in [-0.39, 0.29) is 27.6 Å². The van der Waals surface area contributed by atoms with Crippen molar-refractivity contribution in [3.8, 4) is 0 Å². The molecule has 0 saturated carbocycles. The van der Waals surface area contributed by atoms with Gasteiger partial charge in [0.15, 0.2) is 0 Å². The highest BCUT2D eigenvalue weighted by Crippen LogP contribution is 2.25. The van der Waals surface area contributed by atoms with Gasteiger partial charge in [-0.3, -0.25) is 9.36 Å². The minimum atomic E-state index is -3.69. The number of sulfonamides is 1. The molecule has 0 aliphatic rings. The molecule has 0 aliphatic heterocycles. The van der Waals surface area contributed by atoms with Crippen LogP contribution >= 0.6 is 22.9 Å². The second-order valence-corrected chi connectivity index (χ2v) is 10.9. The number of nitrogens with zero attached hydrogens (tertiary/aromatic N) is 1. The Balaban J connectivity index is 1.98. The van der Waals surface area contributed by atoms with Crippen molar-refractivity contribution in [2.75, 3.05) is 0 Å². The maximum Gasteiger partial charge on any atom is 0.308 e. The van der Waals surface area contributed by atoms with Crippen molar-refractivity contribution < 1.29 is 8.42 Å². The van der Waals surface area contributed by atoms with Gasteiger partial charge in [0.2, 0.25) is 10.0 Å². The fourth-order valence-electron chi connectivity index (χ4n) is 3.45. The quantitative estimate of drug-likeness (QED) is 0.563. The molecule has 0 amide bonds. The van der Waals surface area contributed by atoms with Crippen molar-refractivity contribution in [1.82, 2.24) is 9.29 Å². The molecule has 1 N–H and O–H groups in total. The van der Waals surface area contributed by atoms with E-state index < -0.39 is 10.0 Å². The topological polar surface area (TPSA) is 68.2 Å². The zero-order valence-corrected chi connectivity index (χ0v) is 19.2. The average molecular weight is 453 g/mol. The standard InChI is InChI=1S/C21H25ClN2O3S2/c1-13(2)20(14(3)4)23-29(26,27)16-9-10-18-19(11-16)28-21(25)24(18)12-15-7-5-6-8-17(15)22/h5-11,13-14,20,23H,12H2,1-4H3. The summed E-state index contributed by atoms with van der Waals surface area (Å²) in [4.78, 5) is 12.6. The average Bonchev–Trinajstić information content (AvgIpc) is 2.96. The van der Waals surface area contributed by atoms with Gasteiger partial charge < -0.3 is 0 Å². The number of nitrogens with one attached hydrogen (secondary N) is 1. The summed E-state index contributed by atoms with van der Waals surface area (Å²) in [5, 5.41) is 0.593. The first-order valence-corrected chi connectivity index (χ1v) is 12.2. The maximum absolute atomic E-state index is 12.9. The Hall–Kier alpha value is -1.67. The van der Waals surface area contributed by atoms with Crippen LogP contribution in [0, 0.1) is 11.8 Å². The molecule has 29 heavy (non-hydrogen) atoms. The number of fused-ring (bicyclic) bond motifs is 1. The Morgan fingerprint density at radius 2 is 1.72 bits per heavy atom. The number of rotatable bonds is 7. The van der Waals surface area contributed by atoms with Crippen LogP contribution in [0.5, 0.6) is 0 Å². The van der Waals surface area contributed by atoms with Crippen molar-refractivity contribution in [3.05, 3.63) is 62.7 Å². The number of thiazole rings is 1. The molecule has 1 aromatic heterocycles. The monoisotopic (exact) mass is 452 g/mol. The summed E-state index contributed by atoms with van der Waals surface area (Å²) in [6, 6.07) is 12.0. The number of aromatic nitrogens is 1. The Bertz CT molecular complexity index is 1170. The SMILES string of the molecule is CC(C)C(NS(=O)(=O)c1ccc2c(c1)sc(=O)n2Cc1ccccc1Cl)C(C)C. The number of halogens is 1. The lowest BCUT2D eigenvalue weighted by Crippen LogP contribution is -2.42. The van der Waals surface area contributed by atoms with E-state index in [1.54, 1.807) is 28.8 Å². The third-order valence-corrected chi connectivity index (χ3v) is 7.73. The normalized spacial score (nSPS) is 12.6. The van der Waals surface area contributed by atoms with Gasteiger partial charge in [-0.15, -0.1) is 0 Å². The number of benzene rings is 2. The third-order valence-electron chi connectivity index (χ3n) is 4.96. The van der Waals surface area contributed by atoms with Crippen LogP contribution in [0.25, 0.3) is 10.2 Å². The minimum Gasteiger partial charge on any atom is -0.294 e. The van der Waals surface area contributed by atoms with E-state index in [1.165, 1.54) is 0 Å². The van der Waals surface area contributed by atoms with E-state index in [4.69, 9.17) is 11.6 Å². The fourth-order valence-corrected chi connectivity index (χ4v) is 6.21. The summed E-state index contributed by atoms with van der Waals surface area (Å²) in [7, 11) is -3.69. The van der Waals surface area contributed by atoms with Gasteiger partial charge in [-0.1, -0.05) is 68.8 Å². The third kappa shape index (κ3) is 4.74. The molecule has 0 radical (unpaired) electrons. The molecule has 156 valence electrons. The second-order valence-electron chi connectivity index (χ2n) is 7.81. The van der Waals surface area contributed by atoms with Gasteiger partial charge in [0, 0.05) is 11.1 Å². The van der Waals surface area contributed by atoms with Crippen molar-refractivity contribution >= 4 is 43.2 Å². The van der Waals surface area contributed by atoms with E-state index >= 15 is 0 Å². The van der Waals surface area contributed by atoms with Crippen LogP contribution < -0.4 is 9.60 Å². The highest BCUT2D eigenvalue weighted by Gasteiger charge is 2.25. The molecular weight excluding hydrogens is 428 g/mol. The van der Waals surface area contributed by atoms with Gasteiger partial charge in [-0.2, -0.15) is 0 Å². The lowest BCUT2D eigenvalue weighted by molar-refractivity contribution is 0.355. The molecule has 3 aromatic rings. The molecule has 3 rings (SSSR count). The highest BCUT2D eigenvalue weighted by atomic mass is 35.5. The zero-order valence-electron chi connectivity index (χ0n) is 16.8. The van der Waals surface area contributed by atoms with Gasteiger partial charge in [-0.25, -0.2) is 13.1 Å². The molecule has 0 saturated heterocycles. The van der Waals surface area contributed by atoms with E-state index in [1.807, 2.05) is 45.9 Å². The Morgan fingerprint density at radius 3 is 2.34 bits per heavy atom. The molecule has 0 atom stereocenters. The molecule has 0 bridgehead atoms. The lowest BCUT2D eigenvalue weighted by Gasteiger charge is -2.25. The Morgan fingerprint density at radius 1 is 1.07 bits per heavy atom. The van der Waals surface area contributed by atoms with Crippen LogP contribution in [0.15, 0.2) is 52.2 Å². The Kier molecular flexibility index (Phi) is 6.53. The highest BCUT2D eigenvalue weighted by molar-refractivity contribution is 7.89. The molecule has 8 heteroatoms. The van der Waals surface area contributed by atoms with Crippen LogP contribution in [-0.4, -0.2) is 19.0 Å². The van der Waals surface area contributed by atoms with Crippen molar-refractivity contribution in [2.24, 2.45) is 11.8 Å². The predicted octanol–water partition coefficient (Wildman–Crippen LogP) is 4.72. The molecule has 0 aliphatic carbocycles. The van der Waals surface area contributed by atoms with Gasteiger partial charge in [0.1, 0.15) is 0 Å². The number of hydrogen-bond acceptors (Lipinski definition) is 4. The second kappa shape index (κ2) is 8.60. The molecular formula is C21H25ClN2O3S2. The number of hydrogen-bond donors (Lipinski definition) is 1. The summed E-state index contributed by atoms with van der Waals surface area (Å²) in [6.07, 6.45) is 0. The summed E-state index contributed by atoms with van der Waals surface area (Å²) in [6.45, 7) is 8.33. The van der Waals surface area contributed by atoms with E-state index in [0.717, 1.165) is 16.9 Å². The van der Waals surface area contributed by atoms with Gasteiger partial charge >= 0.3 is 4.87 Å². The van der Waals surface area contributed by atoms with Crippen LogP contribution in [0.3, 0.4) is 0 Å². The summed E-state index contributed by atoms with van der Waals surface area (Å²) in [5.41, 5.74) is 1.54. The predicted molar refractivity (Wildman–Crippen MR) is 120 cm³/mol. The molecule has 0 unspecified atom stereocenters. The van der Waals surface area contributed by atoms with Crippen LogP contribution in [0.4, 0.5) is 0 Å². The first-order valence-electron chi connectivity index (χ1n) is 9.49. The molecule has 1 heterocycles. The fraction of sp³-hybridized carbons (Fsp3) is 0.381. The van der Waals surface area contributed by atoms with Gasteiger partial charge in [0.25, 0.3) is 0 Å². The summed E-state index contributed by atoms with van der Waals surface area (Å²) < 4.78 is 30.9.